The lowest BCUT2D eigenvalue weighted by atomic mass is 10.3. The fourth-order valence-electron chi connectivity index (χ4n) is 0.666. The third kappa shape index (κ3) is 4.28. The van der Waals surface area contributed by atoms with Crippen molar-refractivity contribution in [1.29, 1.82) is 0 Å². The fourth-order valence-corrected chi connectivity index (χ4v) is 1.83. The Morgan fingerprint density at radius 3 is 2.33 bits per heavy atom. The van der Waals surface area contributed by atoms with Gasteiger partial charge in [0.1, 0.15) is 0 Å². The molecule has 58 valence electrons. The van der Waals surface area contributed by atoms with Gasteiger partial charge in [-0.2, -0.15) is 11.8 Å². The molecule has 0 aliphatic carbocycles. The first-order valence-electron chi connectivity index (χ1n) is 2.47. The van der Waals surface area contributed by atoms with Crippen LogP contribution in [0.3, 0.4) is 0 Å². The smallest absolute Gasteiger partial charge is 0.0308 e. The van der Waals surface area contributed by atoms with Gasteiger partial charge < -0.3 is 0 Å². The molecule has 1 aliphatic heterocycles. The van der Waals surface area contributed by atoms with Crippen LogP contribution in [0.15, 0.2) is 0 Å². The lowest BCUT2D eigenvalue weighted by Crippen LogP contribution is -2.34. The van der Waals surface area contributed by atoms with Gasteiger partial charge in [0.15, 0.2) is 0 Å². The van der Waals surface area contributed by atoms with Crippen molar-refractivity contribution in [3.8, 4) is 0 Å². The minimum atomic E-state index is 0. The van der Waals surface area contributed by atoms with Gasteiger partial charge in [0, 0.05) is 11.8 Å². The molecule has 0 aromatic heterocycles. The fraction of sp³-hybridized carbons (Fsp3) is 1.00. The van der Waals surface area contributed by atoms with Crippen molar-refractivity contribution in [2.75, 3.05) is 11.5 Å². The summed E-state index contributed by atoms with van der Waals surface area (Å²) in [7, 11) is 0. The van der Waals surface area contributed by atoms with Crippen LogP contribution in [-0.2, 0) is 0 Å². The minimum Gasteiger partial charge on any atom is -0.271 e. The van der Waals surface area contributed by atoms with Gasteiger partial charge in [0.2, 0.25) is 0 Å². The van der Waals surface area contributed by atoms with E-state index in [0.717, 1.165) is 0 Å². The minimum absolute atomic E-state index is 0. The Kier molecular flexibility index (Phi) is 9.69. The molecule has 1 fully saturated rings. The molecular formula is C4H12Cl2N2S. The van der Waals surface area contributed by atoms with Gasteiger partial charge >= 0.3 is 0 Å². The standard InChI is InChI=1S/C4H10N2S.2ClH/c5-6-4-1-2-7-3-4;;/h4,6H,1-3,5H2;2*1H. The van der Waals surface area contributed by atoms with Crippen molar-refractivity contribution in [2.24, 2.45) is 5.84 Å². The molecule has 2 nitrogen and oxygen atoms in total. The van der Waals surface area contributed by atoms with Crippen LogP contribution in [0.25, 0.3) is 0 Å². The first kappa shape index (κ1) is 12.5. The van der Waals surface area contributed by atoms with Gasteiger partial charge in [-0.1, -0.05) is 0 Å². The first-order chi connectivity index (χ1) is 3.43. The number of halogens is 2. The maximum Gasteiger partial charge on any atom is 0.0308 e. The van der Waals surface area contributed by atoms with Crippen LogP contribution in [-0.4, -0.2) is 17.5 Å². The molecule has 0 spiro atoms. The summed E-state index contributed by atoms with van der Waals surface area (Å²) in [5.74, 6) is 7.63. The maximum atomic E-state index is 5.17. The number of thioether (sulfide) groups is 1. The topological polar surface area (TPSA) is 38.0 Å². The van der Waals surface area contributed by atoms with E-state index < -0.39 is 0 Å². The van der Waals surface area contributed by atoms with Gasteiger partial charge in [-0.3, -0.25) is 11.3 Å². The average molecular weight is 191 g/mol. The molecule has 5 heteroatoms. The highest BCUT2D eigenvalue weighted by Gasteiger charge is 2.11. The molecule has 0 saturated carbocycles. The summed E-state index contributed by atoms with van der Waals surface area (Å²) < 4.78 is 0. The predicted octanol–water partition coefficient (Wildman–Crippen LogP) is 0.799. The largest absolute Gasteiger partial charge is 0.271 e. The van der Waals surface area contributed by atoms with E-state index in [-0.39, 0.29) is 24.8 Å². The molecule has 1 aliphatic rings. The van der Waals surface area contributed by atoms with Crippen LogP contribution in [0, 0.1) is 0 Å². The molecule has 1 saturated heterocycles. The molecule has 3 N–H and O–H groups in total. The quantitative estimate of drug-likeness (QED) is 0.475. The highest BCUT2D eigenvalue weighted by atomic mass is 35.5. The van der Waals surface area contributed by atoms with E-state index in [1.54, 1.807) is 0 Å². The van der Waals surface area contributed by atoms with Crippen LogP contribution >= 0.6 is 36.6 Å². The maximum absolute atomic E-state index is 5.17. The summed E-state index contributed by atoms with van der Waals surface area (Å²) >= 11 is 1.96. The monoisotopic (exact) mass is 190 g/mol. The summed E-state index contributed by atoms with van der Waals surface area (Å²) in [5, 5.41) is 0. The van der Waals surface area contributed by atoms with Crippen LogP contribution in [0.2, 0.25) is 0 Å². The first-order valence-corrected chi connectivity index (χ1v) is 3.63. The van der Waals surface area contributed by atoms with Gasteiger partial charge in [-0.15, -0.1) is 24.8 Å². The molecule has 1 rings (SSSR count). The zero-order valence-corrected chi connectivity index (χ0v) is 7.45. The van der Waals surface area contributed by atoms with E-state index in [9.17, 15) is 0 Å². The lowest BCUT2D eigenvalue weighted by molar-refractivity contribution is 0.582. The van der Waals surface area contributed by atoms with Crippen LogP contribution in [0.1, 0.15) is 6.42 Å². The van der Waals surface area contributed by atoms with E-state index in [1.807, 2.05) is 11.8 Å². The zero-order chi connectivity index (χ0) is 5.11. The second kappa shape index (κ2) is 6.96. The van der Waals surface area contributed by atoms with Crippen LogP contribution in [0.5, 0.6) is 0 Å². The number of nitrogens with one attached hydrogen (secondary N) is 1. The van der Waals surface area contributed by atoms with E-state index in [1.165, 1.54) is 17.9 Å². The van der Waals surface area contributed by atoms with Crippen LogP contribution in [0.4, 0.5) is 0 Å². The summed E-state index contributed by atoms with van der Waals surface area (Å²) in [5.41, 5.74) is 2.74. The van der Waals surface area contributed by atoms with Crippen LogP contribution < -0.4 is 11.3 Å². The zero-order valence-electron chi connectivity index (χ0n) is 5.00. The Labute approximate surface area is 72.1 Å². The van der Waals surface area contributed by atoms with Gasteiger partial charge in [0.05, 0.1) is 0 Å². The molecule has 0 aromatic rings. The highest BCUT2D eigenvalue weighted by Crippen LogP contribution is 2.15. The number of nitrogens with two attached hydrogens (primary N) is 1. The normalized spacial score (nSPS) is 24.3. The molecule has 0 bridgehead atoms. The Balaban J connectivity index is 0. The summed E-state index contributed by atoms with van der Waals surface area (Å²) in [6.45, 7) is 0. The van der Waals surface area contributed by atoms with E-state index in [2.05, 4.69) is 5.43 Å². The van der Waals surface area contributed by atoms with Crippen molar-refractivity contribution in [2.45, 2.75) is 12.5 Å². The third-order valence-corrected chi connectivity index (χ3v) is 2.33. The van der Waals surface area contributed by atoms with Crippen molar-refractivity contribution in [3.63, 3.8) is 0 Å². The van der Waals surface area contributed by atoms with Gasteiger partial charge in [-0.25, -0.2) is 0 Å². The molecule has 0 aromatic carbocycles. The Morgan fingerprint density at radius 2 is 2.11 bits per heavy atom. The molecule has 1 unspecified atom stereocenters. The van der Waals surface area contributed by atoms with Gasteiger partial charge in [-0.05, 0) is 12.2 Å². The molecule has 9 heavy (non-hydrogen) atoms. The van der Waals surface area contributed by atoms with Crippen molar-refractivity contribution >= 4 is 36.6 Å². The Bertz CT molecular complexity index is 58.5. The molecule has 1 atom stereocenters. The lowest BCUT2D eigenvalue weighted by Gasteiger charge is -2.01. The number of rotatable bonds is 1. The SMILES string of the molecule is Cl.Cl.NNC1CCSC1. The van der Waals surface area contributed by atoms with E-state index in [4.69, 9.17) is 5.84 Å². The number of hydrogen-bond acceptors (Lipinski definition) is 3. The third-order valence-electron chi connectivity index (χ3n) is 1.17. The van der Waals surface area contributed by atoms with Crippen molar-refractivity contribution in [1.82, 2.24) is 5.43 Å². The van der Waals surface area contributed by atoms with Gasteiger partial charge in [0.25, 0.3) is 0 Å². The summed E-state index contributed by atoms with van der Waals surface area (Å²) in [6.07, 6.45) is 1.24. The average Bonchev–Trinajstić information content (AvgIpc) is 2.14. The second-order valence-corrected chi connectivity index (χ2v) is 2.88. The summed E-state index contributed by atoms with van der Waals surface area (Å²) in [6, 6.07) is 0.588. The van der Waals surface area contributed by atoms with E-state index in [0.29, 0.717) is 6.04 Å². The van der Waals surface area contributed by atoms with Crippen molar-refractivity contribution < 1.29 is 0 Å². The molecular weight excluding hydrogens is 179 g/mol. The predicted molar refractivity (Wildman–Crippen MR) is 47.5 cm³/mol. The second-order valence-electron chi connectivity index (χ2n) is 1.73. The molecule has 1 heterocycles. The highest BCUT2D eigenvalue weighted by molar-refractivity contribution is 7.99. The molecule has 0 amide bonds. The Hall–Kier alpha value is 0.850. The van der Waals surface area contributed by atoms with E-state index >= 15 is 0 Å². The number of hydrogen-bond donors (Lipinski definition) is 2. The van der Waals surface area contributed by atoms with Crippen molar-refractivity contribution in [3.05, 3.63) is 0 Å². The summed E-state index contributed by atoms with van der Waals surface area (Å²) in [4.78, 5) is 0. The molecule has 0 radical (unpaired) electrons. The number of hydrazine groups is 1. The Morgan fingerprint density at radius 1 is 1.44 bits per heavy atom.